The van der Waals surface area contributed by atoms with Gasteiger partial charge in [0.15, 0.2) is 11.6 Å². The zero-order chi connectivity index (χ0) is 11.0. The molecule has 1 saturated carbocycles. The Bertz CT molecular complexity index is 372. The summed E-state index contributed by atoms with van der Waals surface area (Å²) in [6.45, 7) is 1.55. The zero-order valence-electron chi connectivity index (χ0n) is 8.76. The number of hydrogen-bond acceptors (Lipinski definition) is 1. The normalized spacial score (nSPS) is 18.7. The minimum Gasteiger partial charge on any atom is -0.324 e. The SMILES string of the molecule is Cc1ccc(C(N)C2CCC2)c(F)c1F. The number of benzene rings is 1. The monoisotopic (exact) mass is 211 g/mol. The third-order valence-electron chi connectivity index (χ3n) is 3.32. The third kappa shape index (κ3) is 1.76. The van der Waals surface area contributed by atoms with Gasteiger partial charge in [0.05, 0.1) is 0 Å². The third-order valence-corrected chi connectivity index (χ3v) is 3.32. The highest BCUT2D eigenvalue weighted by Crippen LogP contribution is 2.37. The Morgan fingerprint density at radius 2 is 1.93 bits per heavy atom. The van der Waals surface area contributed by atoms with E-state index in [1.54, 1.807) is 19.1 Å². The van der Waals surface area contributed by atoms with Crippen molar-refractivity contribution < 1.29 is 8.78 Å². The van der Waals surface area contributed by atoms with Gasteiger partial charge in [-0.3, -0.25) is 0 Å². The van der Waals surface area contributed by atoms with Crippen LogP contribution in [-0.2, 0) is 0 Å². The molecule has 1 nitrogen and oxygen atoms in total. The summed E-state index contributed by atoms with van der Waals surface area (Å²) >= 11 is 0. The van der Waals surface area contributed by atoms with Gasteiger partial charge in [0.25, 0.3) is 0 Å². The predicted molar refractivity (Wildman–Crippen MR) is 55.4 cm³/mol. The average Bonchev–Trinajstić information content (AvgIpc) is 2.11. The van der Waals surface area contributed by atoms with E-state index >= 15 is 0 Å². The fourth-order valence-electron chi connectivity index (χ4n) is 1.97. The van der Waals surface area contributed by atoms with E-state index in [0.717, 1.165) is 19.3 Å². The highest BCUT2D eigenvalue weighted by atomic mass is 19.2. The van der Waals surface area contributed by atoms with Gasteiger partial charge in [-0.25, -0.2) is 8.78 Å². The van der Waals surface area contributed by atoms with Crippen molar-refractivity contribution in [2.24, 2.45) is 11.7 Å². The Kier molecular flexibility index (Phi) is 2.74. The molecular formula is C12H15F2N. The summed E-state index contributed by atoms with van der Waals surface area (Å²) in [5, 5.41) is 0. The first kappa shape index (κ1) is 10.6. The first-order valence-corrected chi connectivity index (χ1v) is 5.31. The van der Waals surface area contributed by atoms with E-state index in [0.29, 0.717) is 17.0 Å². The molecule has 82 valence electrons. The van der Waals surface area contributed by atoms with Gasteiger partial charge in [-0.15, -0.1) is 0 Å². The molecule has 1 aliphatic rings. The van der Waals surface area contributed by atoms with Crippen LogP contribution >= 0.6 is 0 Å². The largest absolute Gasteiger partial charge is 0.324 e. The molecule has 0 saturated heterocycles. The minimum atomic E-state index is -0.769. The molecule has 1 aliphatic carbocycles. The van der Waals surface area contributed by atoms with E-state index in [4.69, 9.17) is 5.73 Å². The van der Waals surface area contributed by atoms with Gasteiger partial charge in [0.2, 0.25) is 0 Å². The van der Waals surface area contributed by atoms with Crippen molar-refractivity contribution in [3.8, 4) is 0 Å². The van der Waals surface area contributed by atoms with Crippen molar-refractivity contribution >= 4 is 0 Å². The first-order chi connectivity index (χ1) is 7.11. The molecule has 2 N–H and O–H groups in total. The topological polar surface area (TPSA) is 26.0 Å². The maximum atomic E-state index is 13.6. The molecule has 0 spiro atoms. The van der Waals surface area contributed by atoms with Crippen LogP contribution in [0.25, 0.3) is 0 Å². The number of aryl methyl sites for hydroxylation is 1. The maximum absolute atomic E-state index is 13.6. The average molecular weight is 211 g/mol. The second-order valence-electron chi connectivity index (χ2n) is 4.32. The first-order valence-electron chi connectivity index (χ1n) is 5.31. The number of nitrogens with two attached hydrogens (primary N) is 1. The highest BCUT2D eigenvalue weighted by Gasteiger charge is 2.28. The van der Waals surface area contributed by atoms with Crippen LogP contribution < -0.4 is 5.73 Å². The summed E-state index contributed by atoms with van der Waals surface area (Å²) in [5.74, 6) is -1.21. The lowest BCUT2D eigenvalue weighted by Gasteiger charge is -2.31. The highest BCUT2D eigenvalue weighted by molar-refractivity contribution is 5.28. The fourth-order valence-corrected chi connectivity index (χ4v) is 1.97. The Balaban J connectivity index is 2.31. The van der Waals surface area contributed by atoms with Gasteiger partial charge < -0.3 is 5.73 Å². The number of hydrogen-bond donors (Lipinski definition) is 1. The molecule has 0 aromatic heterocycles. The van der Waals surface area contributed by atoms with Crippen molar-refractivity contribution in [3.63, 3.8) is 0 Å². The quantitative estimate of drug-likeness (QED) is 0.799. The lowest BCUT2D eigenvalue weighted by atomic mass is 9.77. The molecule has 1 aromatic rings. The van der Waals surface area contributed by atoms with Gasteiger partial charge in [0.1, 0.15) is 0 Å². The molecule has 1 atom stereocenters. The van der Waals surface area contributed by atoms with E-state index < -0.39 is 11.6 Å². The second kappa shape index (κ2) is 3.89. The van der Waals surface area contributed by atoms with Gasteiger partial charge in [-0.05, 0) is 31.2 Å². The van der Waals surface area contributed by atoms with E-state index in [1.807, 2.05) is 0 Å². The molecule has 0 heterocycles. The summed E-state index contributed by atoms with van der Waals surface area (Å²) in [6.07, 6.45) is 3.19. The molecule has 1 unspecified atom stereocenters. The summed E-state index contributed by atoms with van der Waals surface area (Å²) < 4.78 is 26.9. The number of rotatable bonds is 2. The van der Waals surface area contributed by atoms with E-state index in [-0.39, 0.29) is 6.04 Å². The van der Waals surface area contributed by atoms with Crippen molar-refractivity contribution in [2.75, 3.05) is 0 Å². The predicted octanol–water partition coefficient (Wildman–Crippen LogP) is 3.07. The molecule has 0 aliphatic heterocycles. The Morgan fingerprint density at radius 3 is 2.47 bits per heavy atom. The van der Waals surface area contributed by atoms with Crippen LogP contribution in [0, 0.1) is 24.5 Å². The lowest BCUT2D eigenvalue weighted by molar-refractivity contribution is 0.259. The molecule has 0 bridgehead atoms. The van der Waals surface area contributed by atoms with Crippen LogP contribution in [0.3, 0.4) is 0 Å². The van der Waals surface area contributed by atoms with Crippen LogP contribution in [0.1, 0.15) is 36.4 Å². The molecule has 3 heteroatoms. The molecule has 0 amide bonds. The van der Waals surface area contributed by atoms with Crippen molar-refractivity contribution in [3.05, 3.63) is 34.9 Å². The maximum Gasteiger partial charge on any atom is 0.163 e. The van der Waals surface area contributed by atoms with Gasteiger partial charge in [0, 0.05) is 11.6 Å². The Labute approximate surface area is 88.3 Å². The summed E-state index contributed by atoms with van der Waals surface area (Å²) in [7, 11) is 0. The van der Waals surface area contributed by atoms with Gasteiger partial charge in [-0.1, -0.05) is 18.6 Å². The van der Waals surface area contributed by atoms with Crippen molar-refractivity contribution in [1.29, 1.82) is 0 Å². The van der Waals surface area contributed by atoms with Gasteiger partial charge >= 0.3 is 0 Å². The summed E-state index contributed by atoms with van der Waals surface area (Å²) in [5.41, 5.74) is 6.57. The molecule has 1 fully saturated rings. The molecular weight excluding hydrogens is 196 g/mol. The van der Waals surface area contributed by atoms with E-state index in [1.165, 1.54) is 0 Å². The van der Waals surface area contributed by atoms with E-state index in [9.17, 15) is 8.78 Å². The summed E-state index contributed by atoms with van der Waals surface area (Å²) in [6, 6.07) is 2.84. The lowest BCUT2D eigenvalue weighted by Crippen LogP contribution is -2.27. The van der Waals surface area contributed by atoms with Crippen molar-refractivity contribution in [1.82, 2.24) is 0 Å². The van der Waals surface area contributed by atoms with E-state index in [2.05, 4.69) is 0 Å². The molecule has 1 aromatic carbocycles. The standard InChI is InChI=1S/C12H15F2N/c1-7-5-6-9(11(14)10(7)13)12(15)8-3-2-4-8/h5-6,8,12H,2-4,15H2,1H3. The molecule has 2 rings (SSSR count). The summed E-state index contributed by atoms with van der Waals surface area (Å²) in [4.78, 5) is 0. The van der Waals surface area contributed by atoms with Crippen molar-refractivity contribution in [2.45, 2.75) is 32.2 Å². The molecule has 0 radical (unpaired) electrons. The number of halogens is 2. The second-order valence-corrected chi connectivity index (χ2v) is 4.32. The smallest absolute Gasteiger partial charge is 0.163 e. The van der Waals surface area contributed by atoms with Crippen LogP contribution in [0.5, 0.6) is 0 Å². The fraction of sp³-hybridized carbons (Fsp3) is 0.500. The Hall–Kier alpha value is -0.960. The zero-order valence-corrected chi connectivity index (χ0v) is 8.76. The minimum absolute atomic E-state index is 0.321. The van der Waals surface area contributed by atoms with Crippen LogP contribution in [0.2, 0.25) is 0 Å². The molecule has 15 heavy (non-hydrogen) atoms. The van der Waals surface area contributed by atoms with Crippen LogP contribution in [0.4, 0.5) is 8.78 Å². The van der Waals surface area contributed by atoms with Crippen LogP contribution in [-0.4, -0.2) is 0 Å². The van der Waals surface area contributed by atoms with Gasteiger partial charge in [-0.2, -0.15) is 0 Å². The van der Waals surface area contributed by atoms with Crippen LogP contribution in [0.15, 0.2) is 12.1 Å². The Morgan fingerprint density at radius 1 is 1.27 bits per heavy atom.